The first kappa shape index (κ1) is 13.2. The number of carbonyl (C=O) groups excluding carboxylic acids is 1. The van der Waals surface area contributed by atoms with Crippen molar-refractivity contribution in [2.24, 2.45) is 0 Å². The van der Waals surface area contributed by atoms with Crippen LogP contribution in [0.25, 0.3) is 0 Å². The average molecular weight is 237 g/mol. The van der Waals surface area contributed by atoms with Crippen LogP contribution >= 0.6 is 0 Å². The molecule has 0 aliphatic rings. The third kappa shape index (κ3) is 3.29. The van der Waals surface area contributed by atoms with Crippen molar-refractivity contribution in [3.05, 3.63) is 35.4 Å². The highest BCUT2D eigenvalue weighted by Gasteiger charge is 2.30. The van der Waals surface area contributed by atoms with E-state index in [4.69, 9.17) is 5.11 Å². The first-order valence-electron chi connectivity index (χ1n) is 5.14. The Morgan fingerprint density at radius 2 is 1.94 bits per heavy atom. The molecule has 0 aliphatic carbocycles. The second-order valence-corrected chi connectivity index (χ2v) is 4.08. The number of carbonyl (C=O) groups is 2. The molecule has 1 atom stereocenters. The van der Waals surface area contributed by atoms with Crippen LogP contribution in [0.3, 0.4) is 0 Å². The van der Waals surface area contributed by atoms with Gasteiger partial charge in [0.2, 0.25) is 0 Å². The number of rotatable bonds is 4. The van der Waals surface area contributed by atoms with Crippen molar-refractivity contribution in [2.45, 2.75) is 19.4 Å². The zero-order chi connectivity index (χ0) is 13.1. The third-order valence-corrected chi connectivity index (χ3v) is 2.44. The van der Waals surface area contributed by atoms with E-state index in [1.54, 1.807) is 31.2 Å². The SMILES string of the molecule is Cc1ccccc1C(=O)NCC(C)(O)C(=O)O. The molecule has 0 spiro atoms. The van der Waals surface area contributed by atoms with Gasteiger partial charge in [-0.2, -0.15) is 0 Å². The predicted octanol–water partition coefficient (Wildman–Crippen LogP) is 0.560. The van der Waals surface area contributed by atoms with Crippen molar-refractivity contribution in [1.82, 2.24) is 5.32 Å². The molecule has 5 nitrogen and oxygen atoms in total. The molecule has 1 rings (SSSR count). The van der Waals surface area contributed by atoms with Crippen LogP contribution in [-0.4, -0.2) is 34.2 Å². The van der Waals surface area contributed by atoms with Gasteiger partial charge in [0, 0.05) is 5.56 Å². The molecule has 3 N–H and O–H groups in total. The van der Waals surface area contributed by atoms with Crippen LogP contribution in [0.4, 0.5) is 0 Å². The van der Waals surface area contributed by atoms with Crippen LogP contribution in [0.1, 0.15) is 22.8 Å². The first-order chi connectivity index (χ1) is 7.84. The normalized spacial score (nSPS) is 13.8. The van der Waals surface area contributed by atoms with Gasteiger partial charge in [0.25, 0.3) is 5.91 Å². The number of aliphatic hydroxyl groups is 1. The average Bonchev–Trinajstić information content (AvgIpc) is 2.26. The lowest BCUT2D eigenvalue weighted by Gasteiger charge is -2.18. The number of aryl methyl sites for hydroxylation is 1. The molecule has 1 unspecified atom stereocenters. The Morgan fingerprint density at radius 1 is 1.35 bits per heavy atom. The van der Waals surface area contributed by atoms with Gasteiger partial charge in [-0.1, -0.05) is 18.2 Å². The topological polar surface area (TPSA) is 86.6 Å². The molecule has 1 amide bonds. The van der Waals surface area contributed by atoms with Gasteiger partial charge in [-0.25, -0.2) is 4.79 Å². The Balaban J connectivity index is 2.69. The molecule has 0 saturated carbocycles. The molecule has 0 fully saturated rings. The Kier molecular flexibility index (Phi) is 3.85. The summed E-state index contributed by atoms with van der Waals surface area (Å²) in [6.07, 6.45) is 0. The summed E-state index contributed by atoms with van der Waals surface area (Å²) in [4.78, 5) is 22.4. The highest BCUT2D eigenvalue weighted by Crippen LogP contribution is 2.07. The minimum atomic E-state index is -1.96. The van der Waals surface area contributed by atoms with E-state index in [9.17, 15) is 14.7 Å². The van der Waals surface area contributed by atoms with Crippen molar-refractivity contribution in [3.8, 4) is 0 Å². The second kappa shape index (κ2) is 4.97. The molecule has 1 aromatic carbocycles. The standard InChI is InChI=1S/C12H15NO4/c1-8-5-3-4-6-9(8)10(14)13-7-12(2,17)11(15)16/h3-6,17H,7H2,1-2H3,(H,13,14)(H,15,16). The number of hydrogen-bond donors (Lipinski definition) is 3. The molecule has 5 heteroatoms. The van der Waals surface area contributed by atoms with Gasteiger partial charge in [-0.05, 0) is 25.5 Å². The molecule has 0 heterocycles. The largest absolute Gasteiger partial charge is 0.479 e. The van der Waals surface area contributed by atoms with Gasteiger partial charge in [-0.3, -0.25) is 4.79 Å². The summed E-state index contributed by atoms with van der Waals surface area (Å²) in [5, 5.41) is 20.5. The number of amides is 1. The van der Waals surface area contributed by atoms with E-state index in [0.717, 1.165) is 12.5 Å². The number of benzene rings is 1. The number of carboxylic acid groups (broad SMARTS) is 1. The zero-order valence-corrected chi connectivity index (χ0v) is 9.73. The smallest absolute Gasteiger partial charge is 0.337 e. The molecule has 1 aromatic rings. The first-order valence-corrected chi connectivity index (χ1v) is 5.14. The lowest BCUT2D eigenvalue weighted by atomic mass is 10.1. The number of carboxylic acids is 1. The van der Waals surface area contributed by atoms with E-state index in [2.05, 4.69) is 5.32 Å². The number of nitrogens with one attached hydrogen (secondary N) is 1. The zero-order valence-electron chi connectivity index (χ0n) is 9.73. The van der Waals surface area contributed by atoms with Gasteiger partial charge >= 0.3 is 5.97 Å². The van der Waals surface area contributed by atoms with E-state index in [0.29, 0.717) is 5.56 Å². The fourth-order valence-electron chi connectivity index (χ4n) is 1.25. The lowest BCUT2D eigenvalue weighted by Crippen LogP contribution is -2.46. The molecule has 17 heavy (non-hydrogen) atoms. The Morgan fingerprint density at radius 3 is 2.47 bits per heavy atom. The number of aliphatic carboxylic acids is 1. The third-order valence-electron chi connectivity index (χ3n) is 2.44. The highest BCUT2D eigenvalue weighted by atomic mass is 16.4. The number of hydrogen-bond acceptors (Lipinski definition) is 3. The van der Waals surface area contributed by atoms with Crippen LogP contribution in [-0.2, 0) is 4.79 Å². The van der Waals surface area contributed by atoms with Crippen molar-refractivity contribution >= 4 is 11.9 Å². The predicted molar refractivity (Wildman–Crippen MR) is 61.8 cm³/mol. The van der Waals surface area contributed by atoms with E-state index in [-0.39, 0.29) is 6.54 Å². The van der Waals surface area contributed by atoms with E-state index >= 15 is 0 Å². The summed E-state index contributed by atoms with van der Waals surface area (Å²) in [5.41, 5.74) is -0.702. The van der Waals surface area contributed by atoms with Gasteiger partial charge in [0.15, 0.2) is 5.60 Å². The maximum atomic E-state index is 11.7. The summed E-state index contributed by atoms with van der Waals surface area (Å²) in [6, 6.07) is 6.95. The fraction of sp³-hybridized carbons (Fsp3) is 0.333. The Bertz CT molecular complexity index is 440. The van der Waals surface area contributed by atoms with Crippen molar-refractivity contribution in [3.63, 3.8) is 0 Å². The van der Waals surface area contributed by atoms with Crippen molar-refractivity contribution in [2.75, 3.05) is 6.54 Å². The minimum Gasteiger partial charge on any atom is -0.479 e. The molecule has 0 aromatic heterocycles. The molecule has 0 saturated heterocycles. The van der Waals surface area contributed by atoms with Gasteiger partial charge in [-0.15, -0.1) is 0 Å². The molecule has 0 radical (unpaired) electrons. The van der Waals surface area contributed by atoms with Gasteiger partial charge in [0.1, 0.15) is 0 Å². The maximum absolute atomic E-state index is 11.7. The summed E-state index contributed by atoms with van der Waals surface area (Å²) < 4.78 is 0. The Labute approximate surface area is 99.1 Å². The lowest BCUT2D eigenvalue weighted by molar-refractivity contribution is -0.155. The molecule has 92 valence electrons. The van der Waals surface area contributed by atoms with Crippen LogP contribution in [0.5, 0.6) is 0 Å². The van der Waals surface area contributed by atoms with E-state index < -0.39 is 17.5 Å². The molecular weight excluding hydrogens is 222 g/mol. The van der Waals surface area contributed by atoms with Crippen LogP contribution < -0.4 is 5.32 Å². The molecule has 0 aliphatic heterocycles. The summed E-state index contributed by atoms with van der Waals surface area (Å²) >= 11 is 0. The van der Waals surface area contributed by atoms with Crippen LogP contribution in [0, 0.1) is 6.92 Å². The van der Waals surface area contributed by atoms with Crippen LogP contribution in [0.15, 0.2) is 24.3 Å². The fourth-order valence-corrected chi connectivity index (χ4v) is 1.25. The monoisotopic (exact) mass is 237 g/mol. The maximum Gasteiger partial charge on any atom is 0.337 e. The van der Waals surface area contributed by atoms with Gasteiger partial charge in [0.05, 0.1) is 6.54 Å². The quantitative estimate of drug-likeness (QED) is 0.714. The van der Waals surface area contributed by atoms with E-state index in [1.807, 2.05) is 0 Å². The van der Waals surface area contributed by atoms with Crippen LogP contribution in [0.2, 0.25) is 0 Å². The minimum absolute atomic E-state index is 0.338. The van der Waals surface area contributed by atoms with Crippen molar-refractivity contribution in [1.29, 1.82) is 0 Å². The van der Waals surface area contributed by atoms with E-state index in [1.165, 1.54) is 0 Å². The highest BCUT2D eigenvalue weighted by molar-refractivity contribution is 5.96. The second-order valence-electron chi connectivity index (χ2n) is 4.08. The molecular formula is C12H15NO4. The van der Waals surface area contributed by atoms with Crippen molar-refractivity contribution < 1.29 is 19.8 Å². The summed E-state index contributed by atoms with van der Waals surface area (Å²) in [7, 11) is 0. The molecule has 0 bridgehead atoms. The van der Waals surface area contributed by atoms with Gasteiger partial charge < -0.3 is 15.5 Å². The Hall–Kier alpha value is -1.88. The summed E-state index contributed by atoms with van der Waals surface area (Å²) in [6.45, 7) is 2.58. The summed E-state index contributed by atoms with van der Waals surface area (Å²) in [5.74, 6) is -1.77.